The normalized spacial score (nSPS) is 11.9. The average Bonchev–Trinajstić information content (AvgIpc) is 2.84. The topological polar surface area (TPSA) is 100 Å². The molecule has 0 aliphatic rings. The molecule has 3 aromatic carbocycles. The largest absolute Gasteiger partial charge is 0.508 e. The number of nitrogens with one attached hydrogen (secondary N) is 2. The highest BCUT2D eigenvalue weighted by atomic mass is 16.3. The van der Waals surface area contributed by atoms with Gasteiger partial charge in [0, 0.05) is 36.1 Å². The summed E-state index contributed by atoms with van der Waals surface area (Å²) in [5, 5.41) is 17.1. The second-order valence-corrected chi connectivity index (χ2v) is 7.95. The van der Waals surface area contributed by atoms with E-state index in [9.17, 15) is 9.90 Å². The Bertz CT molecular complexity index is 1260. The molecule has 0 fully saturated rings. The number of amides is 1. The number of rotatable bonds is 8. The molecular weight excluding hydrogens is 412 g/mol. The van der Waals surface area contributed by atoms with Crippen molar-refractivity contribution in [3.8, 4) is 17.0 Å². The molecule has 1 heterocycles. The summed E-state index contributed by atoms with van der Waals surface area (Å²) < 4.78 is 0. The van der Waals surface area contributed by atoms with Crippen LogP contribution in [0.3, 0.4) is 0 Å². The van der Waals surface area contributed by atoms with Gasteiger partial charge in [-0.2, -0.15) is 0 Å². The Morgan fingerprint density at radius 1 is 1.03 bits per heavy atom. The van der Waals surface area contributed by atoms with Crippen LogP contribution in [0.4, 0.5) is 0 Å². The number of benzene rings is 3. The minimum Gasteiger partial charge on any atom is -0.508 e. The van der Waals surface area contributed by atoms with Gasteiger partial charge in [-0.25, -0.2) is 4.98 Å². The van der Waals surface area contributed by atoms with Crippen molar-refractivity contribution in [2.45, 2.75) is 19.5 Å². The molecule has 33 heavy (non-hydrogen) atoms. The molecule has 0 aliphatic carbocycles. The lowest BCUT2D eigenvalue weighted by Gasteiger charge is -2.20. The van der Waals surface area contributed by atoms with Crippen LogP contribution in [0, 0.1) is 0 Å². The fraction of sp³-hybridized carbons (Fsp3) is 0.185. The van der Waals surface area contributed by atoms with Gasteiger partial charge in [0.15, 0.2) is 0 Å². The highest BCUT2D eigenvalue weighted by Crippen LogP contribution is 2.31. The molecule has 0 aliphatic heterocycles. The number of nitrogens with zero attached hydrogens (tertiary/aromatic N) is 1. The predicted octanol–water partition coefficient (Wildman–Crippen LogP) is 4.15. The van der Waals surface area contributed by atoms with Gasteiger partial charge >= 0.3 is 0 Å². The van der Waals surface area contributed by atoms with Crippen LogP contribution in [-0.4, -0.2) is 29.1 Å². The molecule has 4 aromatic rings. The second-order valence-electron chi connectivity index (χ2n) is 7.95. The molecule has 1 atom stereocenters. The Morgan fingerprint density at radius 3 is 2.55 bits per heavy atom. The summed E-state index contributed by atoms with van der Waals surface area (Å²) in [6.45, 7) is 3.49. The summed E-state index contributed by atoms with van der Waals surface area (Å²) in [5.41, 5.74) is 10.4. The minimum atomic E-state index is -0.290. The van der Waals surface area contributed by atoms with Crippen LogP contribution in [-0.2, 0) is 6.54 Å². The van der Waals surface area contributed by atoms with Gasteiger partial charge < -0.3 is 21.5 Å². The number of para-hydroxylation sites is 1. The SMILES string of the molecule is C[C@H](NC(=O)c1c(CNCCN)c(-c2ccccc2)nc2ccccc12)c1cccc(O)c1. The van der Waals surface area contributed by atoms with Gasteiger partial charge in [-0.1, -0.05) is 60.7 Å². The summed E-state index contributed by atoms with van der Waals surface area (Å²) in [6, 6.07) is 24.2. The first-order valence-corrected chi connectivity index (χ1v) is 11.1. The Labute approximate surface area is 193 Å². The maximum atomic E-state index is 13.7. The summed E-state index contributed by atoms with van der Waals surface area (Å²) >= 11 is 0. The van der Waals surface area contributed by atoms with E-state index in [1.54, 1.807) is 18.2 Å². The van der Waals surface area contributed by atoms with Crippen LogP contribution in [0.2, 0.25) is 0 Å². The van der Waals surface area contributed by atoms with E-state index < -0.39 is 0 Å². The first-order chi connectivity index (χ1) is 16.1. The first-order valence-electron chi connectivity index (χ1n) is 11.1. The molecule has 0 spiro atoms. The van der Waals surface area contributed by atoms with Gasteiger partial charge in [0.05, 0.1) is 22.8 Å². The maximum absolute atomic E-state index is 13.7. The fourth-order valence-corrected chi connectivity index (χ4v) is 3.98. The zero-order valence-electron chi connectivity index (χ0n) is 18.6. The molecular formula is C27H28N4O2. The third-order valence-electron chi connectivity index (χ3n) is 5.61. The molecule has 0 unspecified atom stereocenters. The quantitative estimate of drug-likeness (QED) is 0.309. The van der Waals surface area contributed by atoms with Gasteiger partial charge in [0.25, 0.3) is 5.91 Å². The number of fused-ring (bicyclic) bond motifs is 1. The smallest absolute Gasteiger partial charge is 0.252 e. The number of phenols is 1. The number of carbonyl (C=O) groups excluding carboxylic acids is 1. The Balaban J connectivity index is 1.83. The Kier molecular flexibility index (Phi) is 6.98. The first kappa shape index (κ1) is 22.5. The Morgan fingerprint density at radius 2 is 1.79 bits per heavy atom. The molecule has 0 saturated carbocycles. The van der Waals surface area contributed by atoms with Crippen molar-refractivity contribution in [2.24, 2.45) is 5.73 Å². The molecule has 5 N–H and O–H groups in total. The van der Waals surface area contributed by atoms with E-state index in [1.165, 1.54) is 0 Å². The summed E-state index contributed by atoms with van der Waals surface area (Å²) in [6.07, 6.45) is 0. The van der Waals surface area contributed by atoms with Crippen molar-refractivity contribution >= 4 is 16.8 Å². The van der Waals surface area contributed by atoms with E-state index in [1.807, 2.05) is 67.6 Å². The molecule has 0 bridgehead atoms. The molecule has 168 valence electrons. The van der Waals surface area contributed by atoms with Crippen molar-refractivity contribution in [3.05, 3.63) is 95.6 Å². The number of hydrogen-bond donors (Lipinski definition) is 4. The summed E-state index contributed by atoms with van der Waals surface area (Å²) in [5.74, 6) is -0.0211. The molecule has 6 nitrogen and oxygen atoms in total. The maximum Gasteiger partial charge on any atom is 0.252 e. The minimum absolute atomic E-state index is 0.168. The zero-order valence-corrected chi connectivity index (χ0v) is 18.6. The molecule has 1 aromatic heterocycles. The lowest BCUT2D eigenvalue weighted by atomic mass is 9.95. The number of carbonyl (C=O) groups is 1. The van der Waals surface area contributed by atoms with E-state index in [4.69, 9.17) is 10.7 Å². The molecule has 6 heteroatoms. The van der Waals surface area contributed by atoms with Gasteiger partial charge in [-0.3, -0.25) is 4.79 Å². The van der Waals surface area contributed by atoms with E-state index >= 15 is 0 Å². The lowest BCUT2D eigenvalue weighted by molar-refractivity contribution is 0.0940. The van der Waals surface area contributed by atoms with Crippen molar-refractivity contribution in [2.75, 3.05) is 13.1 Å². The van der Waals surface area contributed by atoms with Crippen LogP contribution < -0.4 is 16.4 Å². The predicted molar refractivity (Wildman–Crippen MR) is 132 cm³/mol. The number of aromatic hydroxyl groups is 1. The molecule has 4 rings (SSSR count). The summed E-state index contributed by atoms with van der Waals surface area (Å²) in [7, 11) is 0. The third kappa shape index (κ3) is 5.03. The van der Waals surface area contributed by atoms with Crippen LogP contribution in [0.1, 0.15) is 34.5 Å². The van der Waals surface area contributed by atoms with E-state index in [0.29, 0.717) is 25.2 Å². The number of aromatic nitrogens is 1. The molecule has 1 amide bonds. The van der Waals surface area contributed by atoms with Crippen LogP contribution >= 0.6 is 0 Å². The molecule has 0 radical (unpaired) electrons. The van der Waals surface area contributed by atoms with Crippen LogP contribution in [0.5, 0.6) is 5.75 Å². The van der Waals surface area contributed by atoms with E-state index in [-0.39, 0.29) is 17.7 Å². The summed E-state index contributed by atoms with van der Waals surface area (Å²) in [4.78, 5) is 18.6. The van der Waals surface area contributed by atoms with Gasteiger partial charge in [0.1, 0.15) is 5.75 Å². The number of hydrogen-bond acceptors (Lipinski definition) is 5. The number of nitrogens with two attached hydrogens (primary N) is 1. The second kappa shape index (κ2) is 10.3. The van der Waals surface area contributed by atoms with E-state index in [0.717, 1.165) is 33.3 Å². The van der Waals surface area contributed by atoms with Crippen molar-refractivity contribution in [1.82, 2.24) is 15.6 Å². The monoisotopic (exact) mass is 440 g/mol. The van der Waals surface area contributed by atoms with Crippen molar-refractivity contribution < 1.29 is 9.90 Å². The highest BCUT2D eigenvalue weighted by Gasteiger charge is 2.22. The molecule has 0 saturated heterocycles. The van der Waals surface area contributed by atoms with E-state index in [2.05, 4.69) is 10.6 Å². The van der Waals surface area contributed by atoms with Gasteiger partial charge in [-0.15, -0.1) is 0 Å². The lowest BCUT2D eigenvalue weighted by Crippen LogP contribution is -2.30. The number of pyridine rings is 1. The van der Waals surface area contributed by atoms with Gasteiger partial charge in [0.2, 0.25) is 0 Å². The standard InChI is InChI=1S/C27H28N4O2/c1-18(20-10-7-11-21(32)16-20)30-27(33)25-22-12-5-6-13-24(22)31-26(19-8-3-2-4-9-19)23(25)17-29-15-14-28/h2-13,16,18,29,32H,14-15,17,28H2,1H3,(H,30,33)/t18-/m0/s1. The third-order valence-corrected chi connectivity index (χ3v) is 5.61. The van der Waals surface area contributed by atoms with Crippen molar-refractivity contribution in [1.29, 1.82) is 0 Å². The van der Waals surface area contributed by atoms with Crippen LogP contribution in [0.25, 0.3) is 22.2 Å². The average molecular weight is 441 g/mol. The number of phenolic OH excluding ortho intramolecular Hbond substituents is 1. The zero-order chi connectivity index (χ0) is 23.2. The van der Waals surface area contributed by atoms with Crippen LogP contribution in [0.15, 0.2) is 78.9 Å². The van der Waals surface area contributed by atoms with Gasteiger partial charge in [-0.05, 0) is 30.7 Å². The fourth-order valence-electron chi connectivity index (χ4n) is 3.98. The Hall–Kier alpha value is -3.74. The van der Waals surface area contributed by atoms with Crippen molar-refractivity contribution in [3.63, 3.8) is 0 Å². The highest BCUT2D eigenvalue weighted by molar-refractivity contribution is 6.09.